The van der Waals surface area contributed by atoms with E-state index in [4.69, 9.17) is 0 Å². The molecule has 10 aromatic carbocycles. The highest BCUT2D eigenvalue weighted by Gasteiger charge is 2.52. The standard InChI is InChI=1S/C59H38N2/c1-3-15-39(16-4-1)40-27-30-43(31-28-40)60(44-33-36-57-51(37-44)49-22-11-14-26-56(49)61(57)42-18-5-2-6-19-42)45-32-34-48-47-21-9-12-24-52(47)59(55(48)38-45)53-25-13-10-23-50(53)58-46-20-8-7-17-41(46)29-35-54(58)59/h1-38H. The summed E-state index contributed by atoms with van der Waals surface area (Å²) >= 11 is 0. The van der Waals surface area contributed by atoms with Crippen LogP contribution in [-0.2, 0) is 5.41 Å². The van der Waals surface area contributed by atoms with Crippen LogP contribution in [0.5, 0.6) is 0 Å². The van der Waals surface area contributed by atoms with Gasteiger partial charge in [-0.25, -0.2) is 0 Å². The van der Waals surface area contributed by atoms with Gasteiger partial charge in [0.15, 0.2) is 0 Å². The molecule has 0 aliphatic heterocycles. The zero-order valence-electron chi connectivity index (χ0n) is 33.3. The smallest absolute Gasteiger partial charge is 0.0726 e. The topological polar surface area (TPSA) is 8.17 Å². The van der Waals surface area contributed by atoms with E-state index in [0.717, 1.165) is 22.7 Å². The molecule has 1 spiro atoms. The Balaban J connectivity index is 1.07. The van der Waals surface area contributed by atoms with Crippen LogP contribution in [0.25, 0.3) is 71.6 Å². The zero-order valence-corrected chi connectivity index (χ0v) is 33.3. The van der Waals surface area contributed by atoms with Crippen molar-refractivity contribution in [2.24, 2.45) is 0 Å². The minimum Gasteiger partial charge on any atom is -0.310 e. The third kappa shape index (κ3) is 4.79. The van der Waals surface area contributed by atoms with Crippen LogP contribution < -0.4 is 4.90 Å². The molecule has 2 heteroatoms. The van der Waals surface area contributed by atoms with E-state index in [1.807, 2.05) is 0 Å². The lowest BCUT2D eigenvalue weighted by atomic mass is 9.70. The van der Waals surface area contributed by atoms with Gasteiger partial charge in [-0.3, -0.25) is 0 Å². The molecular weight excluding hydrogens is 737 g/mol. The maximum Gasteiger partial charge on any atom is 0.0726 e. The second-order valence-electron chi connectivity index (χ2n) is 16.4. The van der Waals surface area contributed by atoms with Crippen molar-refractivity contribution in [1.29, 1.82) is 0 Å². The number of anilines is 3. The first-order valence-electron chi connectivity index (χ1n) is 21.2. The van der Waals surface area contributed by atoms with Gasteiger partial charge >= 0.3 is 0 Å². The lowest BCUT2D eigenvalue weighted by molar-refractivity contribution is 0.794. The molecule has 0 N–H and O–H groups in total. The van der Waals surface area contributed by atoms with Crippen molar-refractivity contribution in [2.45, 2.75) is 5.41 Å². The van der Waals surface area contributed by atoms with Crippen LogP contribution >= 0.6 is 0 Å². The van der Waals surface area contributed by atoms with Crippen LogP contribution in [0.4, 0.5) is 17.1 Å². The van der Waals surface area contributed by atoms with Crippen LogP contribution in [0.2, 0.25) is 0 Å². The van der Waals surface area contributed by atoms with Crippen molar-refractivity contribution in [3.05, 3.63) is 253 Å². The Hall–Kier alpha value is -7.94. The SMILES string of the molecule is c1ccc(-c2ccc(N(c3ccc4c(c3)C3(c5ccccc5-4)c4ccccc4-c4c3ccc3ccccc43)c3ccc4c(c3)c3ccccc3n4-c3ccccc3)cc2)cc1. The van der Waals surface area contributed by atoms with Gasteiger partial charge < -0.3 is 9.47 Å². The summed E-state index contributed by atoms with van der Waals surface area (Å²) in [5, 5.41) is 5.02. The molecule has 13 rings (SSSR count). The van der Waals surface area contributed by atoms with Gasteiger partial charge in [-0.05, 0) is 127 Å². The molecule has 2 nitrogen and oxygen atoms in total. The van der Waals surface area contributed by atoms with Gasteiger partial charge in [0.05, 0.1) is 16.4 Å². The normalized spacial score (nSPS) is 14.6. The zero-order chi connectivity index (χ0) is 40.1. The summed E-state index contributed by atoms with van der Waals surface area (Å²) in [7, 11) is 0. The predicted octanol–water partition coefficient (Wildman–Crippen LogP) is 15.4. The molecule has 0 saturated carbocycles. The molecule has 0 amide bonds. The predicted molar refractivity (Wildman–Crippen MR) is 255 cm³/mol. The fourth-order valence-corrected chi connectivity index (χ4v) is 10.9. The highest BCUT2D eigenvalue weighted by Crippen LogP contribution is 2.64. The number of hydrogen-bond acceptors (Lipinski definition) is 1. The van der Waals surface area contributed by atoms with Crippen LogP contribution in [0, 0.1) is 0 Å². The monoisotopic (exact) mass is 774 g/mol. The Bertz CT molecular complexity index is 3530. The minimum absolute atomic E-state index is 0.478. The average Bonchev–Trinajstić information content (AvgIpc) is 3.94. The van der Waals surface area contributed by atoms with E-state index in [1.165, 1.54) is 88.2 Å². The molecule has 1 aromatic heterocycles. The van der Waals surface area contributed by atoms with E-state index < -0.39 is 5.41 Å². The number of rotatable bonds is 5. The Labute approximate surface area is 354 Å². The van der Waals surface area contributed by atoms with Gasteiger partial charge in [0.2, 0.25) is 0 Å². The van der Waals surface area contributed by atoms with Crippen molar-refractivity contribution < 1.29 is 0 Å². The second kappa shape index (κ2) is 13.0. The Morgan fingerprint density at radius 3 is 1.72 bits per heavy atom. The molecule has 11 aromatic rings. The summed E-state index contributed by atoms with van der Waals surface area (Å²) in [6, 6.07) is 85.3. The molecule has 0 radical (unpaired) electrons. The minimum atomic E-state index is -0.478. The van der Waals surface area contributed by atoms with Gasteiger partial charge in [-0.1, -0.05) is 170 Å². The summed E-state index contributed by atoms with van der Waals surface area (Å²) < 4.78 is 2.39. The molecule has 0 bridgehead atoms. The van der Waals surface area contributed by atoms with E-state index in [9.17, 15) is 0 Å². The Kier molecular flexibility index (Phi) is 7.26. The molecule has 0 saturated heterocycles. The van der Waals surface area contributed by atoms with Crippen LogP contribution in [0.3, 0.4) is 0 Å². The summed E-state index contributed by atoms with van der Waals surface area (Å²) in [5.74, 6) is 0. The number of aromatic nitrogens is 1. The van der Waals surface area contributed by atoms with E-state index in [1.54, 1.807) is 0 Å². The van der Waals surface area contributed by atoms with Crippen LogP contribution in [0.15, 0.2) is 231 Å². The largest absolute Gasteiger partial charge is 0.310 e. The lowest BCUT2D eigenvalue weighted by Crippen LogP contribution is -2.26. The average molecular weight is 775 g/mol. The molecule has 0 fully saturated rings. The molecule has 1 atom stereocenters. The van der Waals surface area contributed by atoms with Crippen molar-refractivity contribution >= 4 is 49.6 Å². The third-order valence-electron chi connectivity index (χ3n) is 13.4. The number of hydrogen-bond donors (Lipinski definition) is 0. The van der Waals surface area contributed by atoms with Crippen molar-refractivity contribution in [3.63, 3.8) is 0 Å². The fourth-order valence-electron chi connectivity index (χ4n) is 10.9. The van der Waals surface area contributed by atoms with Gasteiger partial charge in [0, 0.05) is 33.5 Å². The maximum atomic E-state index is 2.50. The molecule has 1 unspecified atom stereocenters. The van der Waals surface area contributed by atoms with Crippen molar-refractivity contribution in [1.82, 2.24) is 4.57 Å². The fraction of sp³-hybridized carbons (Fsp3) is 0.0169. The maximum absolute atomic E-state index is 2.50. The van der Waals surface area contributed by atoms with E-state index in [-0.39, 0.29) is 0 Å². The van der Waals surface area contributed by atoms with Gasteiger partial charge in [0.25, 0.3) is 0 Å². The summed E-state index contributed by atoms with van der Waals surface area (Å²) in [6.07, 6.45) is 0. The molecule has 61 heavy (non-hydrogen) atoms. The second-order valence-corrected chi connectivity index (χ2v) is 16.4. The highest BCUT2D eigenvalue weighted by atomic mass is 15.1. The Morgan fingerprint density at radius 1 is 0.328 bits per heavy atom. The van der Waals surface area contributed by atoms with Crippen LogP contribution in [-0.4, -0.2) is 4.57 Å². The van der Waals surface area contributed by atoms with E-state index in [2.05, 4.69) is 240 Å². The quantitative estimate of drug-likeness (QED) is 0.169. The lowest BCUT2D eigenvalue weighted by Gasteiger charge is -2.32. The molecule has 2 aliphatic carbocycles. The highest BCUT2D eigenvalue weighted by molar-refractivity contribution is 6.11. The summed E-state index contributed by atoms with van der Waals surface area (Å²) in [6.45, 7) is 0. The van der Waals surface area contributed by atoms with E-state index in [0.29, 0.717) is 0 Å². The van der Waals surface area contributed by atoms with Crippen molar-refractivity contribution in [3.8, 4) is 39.1 Å². The van der Waals surface area contributed by atoms with Crippen LogP contribution in [0.1, 0.15) is 22.3 Å². The molecular formula is C59H38N2. The van der Waals surface area contributed by atoms with Crippen molar-refractivity contribution in [2.75, 3.05) is 4.90 Å². The number of para-hydroxylation sites is 2. The summed E-state index contributed by atoms with van der Waals surface area (Å²) in [4.78, 5) is 2.46. The van der Waals surface area contributed by atoms with Gasteiger partial charge in [0.1, 0.15) is 0 Å². The first-order valence-corrected chi connectivity index (χ1v) is 21.2. The first kappa shape index (κ1) is 34.0. The third-order valence-corrected chi connectivity index (χ3v) is 13.4. The number of benzene rings is 10. The Morgan fingerprint density at radius 2 is 0.902 bits per heavy atom. The molecule has 284 valence electrons. The number of fused-ring (bicyclic) bond motifs is 15. The summed E-state index contributed by atoms with van der Waals surface area (Å²) in [5.41, 5.74) is 19.4. The van der Waals surface area contributed by atoms with Gasteiger partial charge in [-0.2, -0.15) is 0 Å². The number of nitrogens with zero attached hydrogens (tertiary/aromatic N) is 2. The molecule has 2 aliphatic rings. The first-order chi connectivity index (χ1) is 30.3. The molecule has 1 heterocycles. The van der Waals surface area contributed by atoms with Gasteiger partial charge in [-0.15, -0.1) is 0 Å². The van der Waals surface area contributed by atoms with E-state index >= 15 is 0 Å².